The lowest BCUT2D eigenvalue weighted by Crippen LogP contribution is -2.35. The van der Waals surface area contributed by atoms with Gasteiger partial charge in [-0.1, -0.05) is 22.0 Å². The normalized spacial score (nSPS) is 14.3. The molecule has 4 aromatic rings. The summed E-state index contributed by atoms with van der Waals surface area (Å²) in [6, 6.07) is 6.26. The number of hydrogen-bond acceptors (Lipinski definition) is 5. The zero-order valence-electron chi connectivity index (χ0n) is 14.9. The topological polar surface area (TPSA) is 90.6 Å². The largest absolute Gasteiger partial charge is 0.361 e. The van der Waals surface area contributed by atoms with Crippen LogP contribution in [-0.2, 0) is 19.5 Å². The number of fused-ring (bicyclic) bond motifs is 2. The molecule has 0 saturated carbocycles. The minimum Gasteiger partial charge on any atom is -0.361 e. The van der Waals surface area contributed by atoms with E-state index in [9.17, 15) is 4.79 Å². The van der Waals surface area contributed by atoms with Gasteiger partial charge in [0.15, 0.2) is 0 Å². The molecule has 7 nitrogen and oxygen atoms in total. The average Bonchev–Trinajstić information content (AvgIpc) is 3.10. The van der Waals surface area contributed by atoms with E-state index in [0.717, 1.165) is 34.3 Å². The summed E-state index contributed by atoms with van der Waals surface area (Å²) in [6.07, 6.45) is 7.52. The number of aromatic amines is 2. The third kappa shape index (κ3) is 3.14. The molecule has 0 spiro atoms. The van der Waals surface area contributed by atoms with Gasteiger partial charge < -0.3 is 9.97 Å². The van der Waals surface area contributed by atoms with Crippen molar-refractivity contribution in [2.75, 3.05) is 6.54 Å². The van der Waals surface area contributed by atoms with Crippen LogP contribution in [0.5, 0.6) is 0 Å². The third-order valence-corrected chi connectivity index (χ3v) is 5.60. The van der Waals surface area contributed by atoms with Crippen LogP contribution in [0.15, 0.2) is 52.4 Å². The Morgan fingerprint density at radius 3 is 2.93 bits per heavy atom. The van der Waals surface area contributed by atoms with Gasteiger partial charge in [0.05, 0.1) is 11.3 Å². The van der Waals surface area contributed by atoms with Crippen LogP contribution in [-0.4, -0.2) is 36.4 Å². The van der Waals surface area contributed by atoms with E-state index in [2.05, 4.69) is 65.2 Å². The summed E-state index contributed by atoms with van der Waals surface area (Å²) in [5.74, 6) is 0.517. The van der Waals surface area contributed by atoms with Crippen LogP contribution in [0.3, 0.4) is 0 Å². The predicted octanol–water partition coefficient (Wildman–Crippen LogP) is 3.03. The molecule has 0 atom stereocenters. The first kappa shape index (κ1) is 17.3. The molecule has 8 heteroatoms. The minimum atomic E-state index is -0.0690. The highest BCUT2D eigenvalue weighted by Gasteiger charge is 2.22. The first-order valence-corrected chi connectivity index (χ1v) is 9.82. The van der Waals surface area contributed by atoms with E-state index in [1.807, 2.05) is 0 Å². The van der Waals surface area contributed by atoms with Gasteiger partial charge in [0, 0.05) is 59.2 Å². The average molecular weight is 437 g/mol. The van der Waals surface area contributed by atoms with Gasteiger partial charge in [0.2, 0.25) is 0 Å². The van der Waals surface area contributed by atoms with Crippen LogP contribution < -0.4 is 5.56 Å². The lowest BCUT2D eigenvalue weighted by atomic mass is 10.0. The Morgan fingerprint density at radius 2 is 2.07 bits per heavy atom. The van der Waals surface area contributed by atoms with E-state index in [1.54, 1.807) is 12.4 Å². The SMILES string of the molecule is O=c1[nH]c(-c2cncnc2)nc2c1CCN(Cc1c[nH]c3cc(Br)ccc13)C2. The van der Waals surface area contributed by atoms with Gasteiger partial charge in [-0.05, 0) is 24.1 Å². The van der Waals surface area contributed by atoms with Crippen LogP contribution in [0.1, 0.15) is 16.8 Å². The molecule has 0 unspecified atom stereocenters. The highest BCUT2D eigenvalue weighted by molar-refractivity contribution is 9.10. The van der Waals surface area contributed by atoms with Crippen LogP contribution in [0.4, 0.5) is 0 Å². The molecule has 0 fully saturated rings. The van der Waals surface area contributed by atoms with Crippen LogP contribution >= 0.6 is 15.9 Å². The van der Waals surface area contributed by atoms with E-state index >= 15 is 0 Å². The second kappa shape index (κ2) is 6.96. The molecular weight excluding hydrogens is 420 g/mol. The molecule has 28 heavy (non-hydrogen) atoms. The second-order valence-corrected chi connectivity index (χ2v) is 7.85. The number of nitrogens with zero attached hydrogens (tertiary/aromatic N) is 4. The summed E-state index contributed by atoms with van der Waals surface area (Å²) >= 11 is 3.51. The Balaban J connectivity index is 1.44. The number of rotatable bonds is 3. The molecule has 140 valence electrons. The lowest BCUT2D eigenvalue weighted by molar-refractivity contribution is 0.241. The molecule has 0 radical (unpaired) electrons. The van der Waals surface area contributed by atoms with Crippen molar-refractivity contribution >= 4 is 26.8 Å². The fourth-order valence-corrected chi connectivity index (χ4v) is 4.08. The van der Waals surface area contributed by atoms with Crippen molar-refractivity contribution in [1.82, 2.24) is 29.8 Å². The standard InChI is InChI=1S/C20H17BrN6O/c21-14-1-2-15-13(8-24-17(15)5-14)9-27-4-3-16-18(10-27)25-19(26-20(16)28)12-6-22-11-23-7-12/h1-2,5-8,11,24H,3-4,9-10H2,(H,25,26,28). The predicted molar refractivity (Wildman–Crippen MR) is 110 cm³/mol. The Hall–Kier alpha value is -2.84. The fraction of sp³-hybridized carbons (Fsp3) is 0.200. The van der Waals surface area contributed by atoms with Gasteiger partial charge in [-0.15, -0.1) is 0 Å². The Bertz CT molecular complexity index is 1220. The summed E-state index contributed by atoms with van der Waals surface area (Å²) < 4.78 is 1.06. The molecule has 2 N–H and O–H groups in total. The maximum Gasteiger partial charge on any atom is 0.254 e. The van der Waals surface area contributed by atoms with Gasteiger partial charge in [0.25, 0.3) is 5.56 Å². The summed E-state index contributed by atoms with van der Waals surface area (Å²) in [7, 11) is 0. The molecule has 0 bridgehead atoms. The van der Waals surface area contributed by atoms with Crippen LogP contribution in [0.2, 0.25) is 0 Å². The molecule has 1 aliphatic heterocycles. The molecule has 0 aliphatic carbocycles. The molecule has 0 amide bonds. The zero-order valence-corrected chi connectivity index (χ0v) is 16.5. The molecule has 1 aliphatic rings. The van der Waals surface area contributed by atoms with E-state index in [1.165, 1.54) is 17.3 Å². The Kier molecular flexibility index (Phi) is 4.29. The lowest BCUT2D eigenvalue weighted by Gasteiger charge is -2.27. The molecule has 0 saturated heterocycles. The number of benzene rings is 1. The minimum absolute atomic E-state index is 0.0690. The summed E-state index contributed by atoms with van der Waals surface area (Å²) in [5, 5.41) is 1.22. The number of H-pyrrole nitrogens is 2. The van der Waals surface area contributed by atoms with Crippen LogP contribution in [0, 0.1) is 0 Å². The van der Waals surface area contributed by atoms with Crippen molar-refractivity contribution in [3.05, 3.63) is 74.8 Å². The van der Waals surface area contributed by atoms with E-state index < -0.39 is 0 Å². The van der Waals surface area contributed by atoms with E-state index in [0.29, 0.717) is 24.4 Å². The first-order chi connectivity index (χ1) is 13.7. The molecule has 3 aromatic heterocycles. The number of hydrogen-bond donors (Lipinski definition) is 2. The van der Waals surface area contributed by atoms with Gasteiger partial charge in [0.1, 0.15) is 12.2 Å². The van der Waals surface area contributed by atoms with Gasteiger partial charge in [-0.25, -0.2) is 15.0 Å². The quantitative estimate of drug-likeness (QED) is 0.514. The number of aromatic nitrogens is 5. The van der Waals surface area contributed by atoms with Gasteiger partial charge in [-0.3, -0.25) is 9.69 Å². The van der Waals surface area contributed by atoms with Crippen molar-refractivity contribution in [3.63, 3.8) is 0 Å². The van der Waals surface area contributed by atoms with Crippen molar-refractivity contribution in [1.29, 1.82) is 0 Å². The van der Waals surface area contributed by atoms with Crippen LogP contribution in [0.25, 0.3) is 22.3 Å². The molecule has 5 rings (SSSR count). The van der Waals surface area contributed by atoms with Crippen molar-refractivity contribution in [2.45, 2.75) is 19.5 Å². The maximum absolute atomic E-state index is 12.5. The first-order valence-electron chi connectivity index (χ1n) is 9.03. The fourth-order valence-electron chi connectivity index (χ4n) is 3.72. The molecule has 4 heterocycles. The second-order valence-electron chi connectivity index (χ2n) is 6.93. The molecular formula is C20H17BrN6O. The highest BCUT2D eigenvalue weighted by Crippen LogP contribution is 2.25. The van der Waals surface area contributed by atoms with Crippen molar-refractivity contribution < 1.29 is 0 Å². The monoisotopic (exact) mass is 436 g/mol. The Morgan fingerprint density at radius 1 is 1.21 bits per heavy atom. The van der Waals surface area contributed by atoms with Gasteiger partial charge in [-0.2, -0.15) is 0 Å². The number of nitrogens with one attached hydrogen (secondary N) is 2. The summed E-state index contributed by atoms with van der Waals surface area (Å²) in [5.41, 5.74) is 4.61. The van der Waals surface area contributed by atoms with E-state index in [4.69, 9.17) is 4.98 Å². The van der Waals surface area contributed by atoms with Crippen molar-refractivity contribution in [3.8, 4) is 11.4 Å². The summed E-state index contributed by atoms with van der Waals surface area (Å²) in [6.45, 7) is 2.28. The number of halogens is 1. The van der Waals surface area contributed by atoms with Gasteiger partial charge >= 0.3 is 0 Å². The highest BCUT2D eigenvalue weighted by atomic mass is 79.9. The smallest absolute Gasteiger partial charge is 0.254 e. The van der Waals surface area contributed by atoms with E-state index in [-0.39, 0.29) is 5.56 Å². The van der Waals surface area contributed by atoms with Crippen molar-refractivity contribution in [2.24, 2.45) is 0 Å². The maximum atomic E-state index is 12.5. The molecule has 1 aromatic carbocycles. The Labute approximate surface area is 169 Å². The summed E-state index contributed by atoms with van der Waals surface area (Å²) in [4.78, 5) is 33.8. The third-order valence-electron chi connectivity index (χ3n) is 5.11. The zero-order chi connectivity index (χ0) is 19.1.